The Morgan fingerprint density at radius 3 is 2.71 bits per heavy atom. The number of aromatic nitrogens is 3. The first-order chi connectivity index (χ1) is 10.2. The summed E-state index contributed by atoms with van der Waals surface area (Å²) < 4.78 is 1.97. The maximum Gasteiger partial charge on any atom is 0.145 e. The third kappa shape index (κ3) is 2.20. The van der Waals surface area contributed by atoms with E-state index in [1.807, 2.05) is 41.0 Å². The van der Waals surface area contributed by atoms with Gasteiger partial charge in [0.25, 0.3) is 0 Å². The number of hydrogen-bond donors (Lipinski definition) is 1. The summed E-state index contributed by atoms with van der Waals surface area (Å²) in [5, 5.41) is 0.810. The number of nitrogens with zero attached hydrogens (tertiary/aromatic N) is 3. The number of nitrogens with two attached hydrogens (primary N) is 1. The van der Waals surface area contributed by atoms with Crippen molar-refractivity contribution in [2.45, 2.75) is 13.0 Å². The van der Waals surface area contributed by atoms with Crippen molar-refractivity contribution >= 4 is 30.3 Å². The first-order valence-corrected chi connectivity index (χ1v) is 6.78. The van der Waals surface area contributed by atoms with Crippen molar-refractivity contribution in [2.75, 3.05) is 5.73 Å². The summed E-state index contributed by atoms with van der Waals surface area (Å²) in [6.45, 7) is 4.47. The monoisotopic (exact) mass is 274 g/mol. The number of anilines is 1. The predicted octanol–water partition coefficient (Wildman–Crippen LogP) is 2.05. The average Bonchev–Trinajstić information content (AvgIpc) is 2.79. The molecule has 2 heterocycles. The number of nitrogen functional groups attached to an aromatic ring is 1. The second-order valence-corrected chi connectivity index (χ2v) is 4.81. The van der Waals surface area contributed by atoms with Crippen molar-refractivity contribution in [1.82, 2.24) is 14.5 Å². The molecule has 2 N–H and O–H groups in total. The number of fused-ring (bicyclic) bond motifs is 1. The summed E-state index contributed by atoms with van der Waals surface area (Å²) >= 11 is 0. The third-order valence-electron chi connectivity index (χ3n) is 3.53. The highest BCUT2D eigenvalue weighted by Gasteiger charge is 2.18. The lowest BCUT2D eigenvalue weighted by Gasteiger charge is -2.07. The van der Waals surface area contributed by atoms with Crippen LogP contribution in [0.5, 0.6) is 0 Å². The Morgan fingerprint density at radius 2 is 2.00 bits per heavy atom. The van der Waals surface area contributed by atoms with Crippen molar-refractivity contribution < 1.29 is 0 Å². The Balaban J connectivity index is 2.33. The van der Waals surface area contributed by atoms with Gasteiger partial charge in [0.15, 0.2) is 0 Å². The zero-order valence-electron chi connectivity index (χ0n) is 11.7. The number of aryl methyl sites for hydroxylation is 1. The largest absolute Gasteiger partial charge is 0.383 e. The van der Waals surface area contributed by atoms with Gasteiger partial charge in [0.05, 0.1) is 5.39 Å². The van der Waals surface area contributed by atoms with Gasteiger partial charge in [0.2, 0.25) is 0 Å². The third-order valence-corrected chi connectivity index (χ3v) is 3.53. The second kappa shape index (κ2) is 5.44. The van der Waals surface area contributed by atoms with E-state index >= 15 is 0 Å². The van der Waals surface area contributed by atoms with Gasteiger partial charge in [0.1, 0.15) is 25.6 Å². The number of hydrogen-bond acceptors (Lipinski definition) is 3. The smallest absolute Gasteiger partial charge is 0.145 e. The molecular weight excluding hydrogens is 259 g/mol. The lowest BCUT2D eigenvalue weighted by atomic mass is 9.93. The molecule has 0 aliphatic carbocycles. The highest BCUT2D eigenvalue weighted by atomic mass is 15.1. The van der Waals surface area contributed by atoms with Gasteiger partial charge < -0.3 is 10.3 Å². The van der Waals surface area contributed by atoms with E-state index < -0.39 is 0 Å². The van der Waals surface area contributed by atoms with E-state index in [1.54, 1.807) is 0 Å². The van der Waals surface area contributed by atoms with E-state index in [-0.39, 0.29) is 0 Å². The molecule has 5 heteroatoms. The molecule has 3 aromatic rings. The van der Waals surface area contributed by atoms with Crippen LogP contribution in [0.25, 0.3) is 22.2 Å². The van der Waals surface area contributed by atoms with Gasteiger partial charge in [0, 0.05) is 12.1 Å². The van der Waals surface area contributed by atoms with Gasteiger partial charge in [-0.3, -0.25) is 0 Å². The molecule has 2 aromatic heterocycles. The fraction of sp³-hybridized carbons (Fsp3) is 0.125. The molecule has 0 fully saturated rings. The first kappa shape index (κ1) is 13.4. The minimum absolute atomic E-state index is 0.447. The predicted molar refractivity (Wildman–Crippen MR) is 87.6 cm³/mol. The van der Waals surface area contributed by atoms with E-state index in [4.69, 9.17) is 13.6 Å². The zero-order valence-corrected chi connectivity index (χ0v) is 11.7. The normalized spacial score (nSPS) is 10.9. The zero-order chi connectivity index (χ0) is 14.8. The Labute approximate surface area is 124 Å². The topological polar surface area (TPSA) is 56.7 Å². The number of allylic oxidation sites excluding steroid dienone is 1. The van der Waals surface area contributed by atoms with Gasteiger partial charge in [-0.15, -0.1) is 6.58 Å². The Kier molecular flexibility index (Phi) is 3.48. The lowest BCUT2D eigenvalue weighted by Crippen LogP contribution is -2.18. The Morgan fingerprint density at radius 1 is 1.24 bits per heavy atom. The van der Waals surface area contributed by atoms with Crippen molar-refractivity contribution in [3.63, 3.8) is 0 Å². The fourth-order valence-electron chi connectivity index (χ4n) is 2.55. The van der Waals surface area contributed by atoms with E-state index in [2.05, 4.69) is 16.5 Å². The molecule has 2 radical (unpaired) electrons. The van der Waals surface area contributed by atoms with Gasteiger partial charge in [-0.05, 0) is 17.6 Å². The second-order valence-electron chi connectivity index (χ2n) is 4.81. The molecule has 0 unspecified atom stereocenters. The summed E-state index contributed by atoms with van der Waals surface area (Å²) in [6, 6.07) is 9.94. The first-order valence-electron chi connectivity index (χ1n) is 6.78. The summed E-state index contributed by atoms with van der Waals surface area (Å²) in [6.07, 6.45) is 4.14. The maximum absolute atomic E-state index is 6.36. The van der Waals surface area contributed by atoms with Crippen molar-refractivity contribution in [1.29, 1.82) is 0 Å². The molecule has 0 amide bonds. The van der Waals surface area contributed by atoms with Crippen molar-refractivity contribution in [3.05, 3.63) is 49.3 Å². The van der Waals surface area contributed by atoms with Gasteiger partial charge >= 0.3 is 0 Å². The van der Waals surface area contributed by atoms with Crippen LogP contribution in [0, 0.1) is 0 Å². The van der Waals surface area contributed by atoms with Crippen LogP contribution < -0.4 is 11.3 Å². The molecule has 1 aromatic carbocycles. The highest BCUT2D eigenvalue weighted by molar-refractivity contribution is 6.38. The van der Waals surface area contributed by atoms with E-state index in [0.717, 1.165) is 35.1 Å². The number of benzene rings is 1. The molecule has 4 nitrogen and oxygen atoms in total. The molecule has 0 bridgehead atoms. The molecule has 102 valence electrons. The Hall–Kier alpha value is -2.56. The summed E-state index contributed by atoms with van der Waals surface area (Å²) in [5.74, 6) is 0.447. The van der Waals surface area contributed by atoms with Crippen LogP contribution in [-0.2, 0) is 6.54 Å². The van der Waals surface area contributed by atoms with Gasteiger partial charge in [-0.2, -0.15) is 0 Å². The van der Waals surface area contributed by atoms with Gasteiger partial charge in [-0.25, -0.2) is 9.97 Å². The Bertz CT molecular complexity index is 793. The van der Waals surface area contributed by atoms with E-state index in [0.29, 0.717) is 11.4 Å². The van der Waals surface area contributed by atoms with Crippen molar-refractivity contribution in [2.24, 2.45) is 0 Å². The summed E-state index contributed by atoms with van der Waals surface area (Å²) in [5.41, 5.74) is 9.40. The van der Waals surface area contributed by atoms with E-state index in [9.17, 15) is 0 Å². The van der Waals surface area contributed by atoms with Crippen LogP contribution in [0.2, 0.25) is 0 Å². The maximum atomic E-state index is 6.36. The molecule has 0 saturated heterocycles. The summed E-state index contributed by atoms with van der Waals surface area (Å²) in [7, 11) is 6.36. The molecule has 0 aliphatic heterocycles. The number of rotatable bonds is 4. The van der Waals surface area contributed by atoms with Crippen LogP contribution in [0.1, 0.15) is 6.42 Å². The fourth-order valence-corrected chi connectivity index (χ4v) is 2.55. The summed E-state index contributed by atoms with van der Waals surface area (Å²) in [4.78, 5) is 8.47. The molecule has 0 spiro atoms. The van der Waals surface area contributed by atoms with Crippen LogP contribution >= 0.6 is 0 Å². The molecule has 0 saturated carbocycles. The van der Waals surface area contributed by atoms with Crippen LogP contribution in [-0.4, -0.2) is 22.4 Å². The van der Waals surface area contributed by atoms with Crippen LogP contribution in [0.15, 0.2) is 49.3 Å². The van der Waals surface area contributed by atoms with E-state index in [1.165, 1.54) is 6.33 Å². The molecule has 3 rings (SSSR count). The highest BCUT2D eigenvalue weighted by Crippen LogP contribution is 2.30. The molecular formula is C16H15BN4. The van der Waals surface area contributed by atoms with Crippen LogP contribution in [0.4, 0.5) is 5.82 Å². The minimum Gasteiger partial charge on any atom is -0.383 e. The SMILES string of the molecule is [B]c1c(-c2ccccc2)c2c(N)ncnc2n1CCC=C. The average molecular weight is 274 g/mol. The van der Waals surface area contributed by atoms with Crippen molar-refractivity contribution in [3.8, 4) is 11.1 Å². The molecule has 21 heavy (non-hydrogen) atoms. The molecule has 0 aliphatic rings. The minimum atomic E-state index is 0.447. The lowest BCUT2D eigenvalue weighted by molar-refractivity contribution is 0.748. The van der Waals surface area contributed by atoms with Gasteiger partial charge in [-0.1, -0.05) is 36.4 Å². The standard InChI is InChI=1S/C16H15BN4/c1-2-3-9-21-14(17)12(11-7-5-4-6-8-11)13-15(18)19-10-20-16(13)21/h2,4-8,10H,1,3,9H2,(H2,18,19,20). The quantitative estimate of drug-likeness (QED) is 0.585. The molecule has 0 atom stereocenters. The van der Waals surface area contributed by atoms with Crippen LogP contribution in [0.3, 0.4) is 0 Å².